The summed E-state index contributed by atoms with van der Waals surface area (Å²) in [7, 11) is 0. The van der Waals surface area contributed by atoms with Crippen LogP contribution < -0.4 is 10.2 Å². The van der Waals surface area contributed by atoms with Crippen molar-refractivity contribution in [2.75, 3.05) is 29.5 Å². The van der Waals surface area contributed by atoms with Gasteiger partial charge in [0.1, 0.15) is 0 Å². The standard InChI is InChI=1S/C22H30N4O2S/c27-20(24-18-15-7-13-8-16(18)11-22(28,9-13)10-15)17-12-23-21(25-19(17)14-1-2-14)26-3-5-29-6-4-26/h12-16,18,28H,1-11H2,(H,24,27)/t13?,15?,16?,18-,22+. The number of rotatable bonds is 4. The number of nitrogens with zero attached hydrogens (tertiary/aromatic N) is 3. The normalized spacial score (nSPS) is 38.3. The third kappa shape index (κ3) is 3.34. The Hall–Kier alpha value is -1.34. The summed E-state index contributed by atoms with van der Waals surface area (Å²) in [6, 6.07) is 0.199. The summed E-state index contributed by atoms with van der Waals surface area (Å²) >= 11 is 1.98. The minimum atomic E-state index is -0.464. The van der Waals surface area contributed by atoms with Crippen LogP contribution >= 0.6 is 11.8 Å². The van der Waals surface area contributed by atoms with E-state index in [-0.39, 0.29) is 11.9 Å². The molecule has 6 nitrogen and oxygen atoms in total. The molecule has 7 heteroatoms. The number of nitrogens with one attached hydrogen (secondary N) is 1. The van der Waals surface area contributed by atoms with Crippen molar-refractivity contribution in [3.8, 4) is 0 Å². The van der Waals surface area contributed by atoms with E-state index in [1.165, 1.54) is 0 Å². The van der Waals surface area contributed by atoms with Crippen molar-refractivity contribution < 1.29 is 9.90 Å². The quantitative estimate of drug-likeness (QED) is 0.789. The molecular weight excluding hydrogens is 384 g/mol. The zero-order chi connectivity index (χ0) is 19.6. The average Bonchev–Trinajstić information content (AvgIpc) is 3.55. The first-order valence-electron chi connectivity index (χ1n) is 11.3. The summed E-state index contributed by atoms with van der Waals surface area (Å²) in [5.74, 6) is 4.92. The maximum Gasteiger partial charge on any atom is 0.254 e. The summed E-state index contributed by atoms with van der Waals surface area (Å²) in [4.78, 5) is 25.0. The Morgan fingerprint density at radius 2 is 1.90 bits per heavy atom. The first-order chi connectivity index (χ1) is 14.1. The van der Waals surface area contributed by atoms with Crippen LogP contribution in [0.3, 0.4) is 0 Å². The van der Waals surface area contributed by atoms with Gasteiger partial charge in [0.05, 0.1) is 16.9 Å². The van der Waals surface area contributed by atoms with Crippen LogP contribution in [0.4, 0.5) is 5.95 Å². The van der Waals surface area contributed by atoms with Gasteiger partial charge in [-0.15, -0.1) is 0 Å². The SMILES string of the molecule is O=C(N[C@H]1C2CC3CC1C[C@@](O)(C3)C2)c1cnc(N2CCSCC2)nc1C1CC1. The fraction of sp³-hybridized carbons (Fsp3) is 0.773. The maximum absolute atomic E-state index is 13.3. The molecule has 1 aromatic rings. The predicted molar refractivity (Wildman–Crippen MR) is 113 cm³/mol. The van der Waals surface area contributed by atoms with E-state index in [9.17, 15) is 9.90 Å². The van der Waals surface area contributed by atoms with Gasteiger partial charge in [0, 0.05) is 42.8 Å². The molecule has 4 bridgehead atoms. The number of thioether (sulfide) groups is 1. The van der Waals surface area contributed by atoms with E-state index < -0.39 is 5.60 Å². The molecule has 1 saturated heterocycles. The van der Waals surface area contributed by atoms with Crippen LogP contribution in [0.5, 0.6) is 0 Å². The van der Waals surface area contributed by atoms with E-state index in [2.05, 4.69) is 15.2 Å². The maximum atomic E-state index is 13.3. The van der Waals surface area contributed by atoms with E-state index in [1.54, 1.807) is 6.20 Å². The monoisotopic (exact) mass is 414 g/mol. The second kappa shape index (κ2) is 6.84. The van der Waals surface area contributed by atoms with Crippen molar-refractivity contribution in [1.82, 2.24) is 15.3 Å². The van der Waals surface area contributed by atoms with Gasteiger partial charge >= 0.3 is 0 Å². The van der Waals surface area contributed by atoms with Gasteiger partial charge < -0.3 is 15.3 Å². The molecule has 0 spiro atoms. The fourth-order valence-electron chi connectivity index (χ4n) is 6.59. The lowest BCUT2D eigenvalue weighted by Crippen LogP contribution is -2.61. The van der Waals surface area contributed by atoms with Crippen LogP contribution in [-0.4, -0.2) is 57.2 Å². The molecule has 1 amide bonds. The highest BCUT2D eigenvalue weighted by Gasteiger charge is 2.55. The molecule has 6 aliphatic rings. The number of hydrogen-bond acceptors (Lipinski definition) is 6. The third-order valence-corrected chi connectivity index (χ3v) is 8.79. The van der Waals surface area contributed by atoms with Gasteiger partial charge in [-0.25, -0.2) is 9.97 Å². The minimum Gasteiger partial charge on any atom is -0.390 e. The van der Waals surface area contributed by atoms with Crippen molar-refractivity contribution in [3.05, 3.63) is 17.5 Å². The molecule has 7 rings (SSSR count). The minimum absolute atomic E-state index is 0.00267. The predicted octanol–water partition coefficient (Wildman–Crippen LogP) is 2.58. The molecule has 6 fully saturated rings. The molecule has 2 N–H and O–H groups in total. The van der Waals surface area contributed by atoms with Crippen molar-refractivity contribution in [1.29, 1.82) is 0 Å². The van der Waals surface area contributed by atoms with Gasteiger partial charge in [-0.3, -0.25) is 4.79 Å². The van der Waals surface area contributed by atoms with Crippen LogP contribution in [0, 0.1) is 17.8 Å². The highest BCUT2D eigenvalue weighted by Crippen LogP contribution is 2.55. The zero-order valence-corrected chi connectivity index (χ0v) is 17.7. The number of carbonyl (C=O) groups is 1. The molecule has 2 heterocycles. The molecule has 2 unspecified atom stereocenters. The summed E-state index contributed by atoms with van der Waals surface area (Å²) < 4.78 is 0. The molecule has 0 radical (unpaired) electrons. The van der Waals surface area contributed by atoms with Gasteiger partial charge in [0.25, 0.3) is 5.91 Å². The molecule has 29 heavy (non-hydrogen) atoms. The van der Waals surface area contributed by atoms with E-state index in [1.807, 2.05) is 11.8 Å². The zero-order valence-electron chi connectivity index (χ0n) is 16.8. The molecular formula is C22H30N4O2S. The highest BCUT2D eigenvalue weighted by atomic mass is 32.2. The van der Waals surface area contributed by atoms with Crippen molar-refractivity contribution in [3.63, 3.8) is 0 Å². The largest absolute Gasteiger partial charge is 0.390 e. The van der Waals surface area contributed by atoms with Crippen LogP contribution in [0.2, 0.25) is 0 Å². The van der Waals surface area contributed by atoms with Crippen molar-refractivity contribution >= 4 is 23.6 Å². The first-order valence-corrected chi connectivity index (χ1v) is 12.5. The summed E-state index contributed by atoms with van der Waals surface area (Å²) in [5.41, 5.74) is 1.16. The second-order valence-electron chi connectivity index (χ2n) is 10.0. The first kappa shape index (κ1) is 18.4. The Morgan fingerprint density at radius 1 is 1.17 bits per heavy atom. The average molecular weight is 415 g/mol. The van der Waals surface area contributed by atoms with Crippen LogP contribution in [-0.2, 0) is 0 Å². The lowest BCUT2D eigenvalue weighted by molar-refractivity contribution is -0.136. The summed E-state index contributed by atoms with van der Waals surface area (Å²) in [6.45, 7) is 1.96. The second-order valence-corrected chi connectivity index (χ2v) is 11.3. The number of amides is 1. The third-order valence-electron chi connectivity index (χ3n) is 7.85. The summed E-state index contributed by atoms with van der Waals surface area (Å²) in [6.07, 6.45) is 8.99. The Balaban J connectivity index is 1.23. The Morgan fingerprint density at radius 3 is 2.55 bits per heavy atom. The number of aliphatic hydroxyl groups is 1. The lowest BCUT2D eigenvalue weighted by Gasteiger charge is -2.58. The molecule has 5 aliphatic carbocycles. The van der Waals surface area contributed by atoms with Crippen molar-refractivity contribution in [2.45, 2.75) is 62.5 Å². The fourth-order valence-corrected chi connectivity index (χ4v) is 7.49. The Labute approximate surface area is 176 Å². The van der Waals surface area contributed by atoms with E-state index >= 15 is 0 Å². The number of carbonyl (C=O) groups excluding carboxylic acids is 1. The van der Waals surface area contributed by atoms with Gasteiger partial charge in [-0.1, -0.05) is 0 Å². The van der Waals surface area contributed by atoms with E-state index in [0.29, 0.717) is 29.2 Å². The molecule has 2 atom stereocenters. The molecule has 1 aromatic heterocycles. The molecule has 1 aliphatic heterocycles. The molecule has 5 saturated carbocycles. The van der Waals surface area contributed by atoms with Gasteiger partial charge in [-0.05, 0) is 62.7 Å². The van der Waals surface area contributed by atoms with Crippen molar-refractivity contribution in [2.24, 2.45) is 17.8 Å². The number of hydrogen-bond donors (Lipinski definition) is 2. The molecule has 0 aromatic carbocycles. The van der Waals surface area contributed by atoms with Gasteiger partial charge in [0.15, 0.2) is 0 Å². The topological polar surface area (TPSA) is 78.3 Å². The van der Waals surface area contributed by atoms with E-state index in [4.69, 9.17) is 4.98 Å². The highest BCUT2D eigenvalue weighted by molar-refractivity contribution is 7.99. The summed E-state index contributed by atoms with van der Waals surface area (Å²) in [5, 5.41) is 14.2. The van der Waals surface area contributed by atoms with Gasteiger partial charge in [0.2, 0.25) is 5.95 Å². The van der Waals surface area contributed by atoms with Crippen LogP contribution in [0.1, 0.15) is 66.9 Å². The Kier molecular flexibility index (Phi) is 4.35. The molecule has 156 valence electrons. The number of aromatic nitrogens is 2. The number of anilines is 1. The van der Waals surface area contributed by atoms with Crippen LogP contribution in [0.25, 0.3) is 0 Å². The van der Waals surface area contributed by atoms with Crippen LogP contribution in [0.15, 0.2) is 6.20 Å². The van der Waals surface area contributed by atoms with E-state index in [0.717, 1.165) is 81.2 Å². The van der Waals surface area contributed by atoms with Gasteiger partial charge in [-0.2, -0.15) is 11.8 Å². The smallest absolute Gasteiger partial charge is 0.254 e. The Bertz CT molecular complexity index is 807. The lowest BCUT2D eigenvalue weighted by atomic mass is 9.52.